The van der Waals surface area contributed by atoms with E-state index in [1.54, 1.807) is 29.4 Å². The maximum Gasteiger partial charge on any atom is 0.270 e. The fourth-order valence-corrected chi connectivity index (χ4v) is 1.54. The summed E-state index contributed by atoms with van der Waals surface area (Å²) in [4.78, 5) is 22.2. The molecule has 100 valence electrons. The van der Waals surface area contributed by atoms with E-state index in [9.17, 15) is 4.79 Å². The third-order valence-corrected chi connectivity index (χ3v) is 2.48. The summed E-state index contributed by atoms with van der Waals surface area (Å²) < 4.78 is 5.15. The van der Waals surface area contributed by atoms with E-state index in [1.165, 1.54) is 0 Å². The number of nitrogens with zero attached hydrogens (tertiary/aromatic N) is 3. The van der Waals surface area contributed by atoms with Crippen LogP contribution in [0.4, 0.5) is 5.95 Å². The average Bonchev–Trinajstić information content (AvgIpc) is 2.88. The number of aromatic nitrogens is 2. The van der Waals surface area contributed by atoms with Gasteiger partial charge in [0.2, 0.25) is 5.95 Å². The van der Waals surface area contributed by atoms with Crippen molar-refractivity contribution in [1.82, 2.24) is 15.3 Å². The lowest BCUT2D eigenvalue weighted by molar-refractivity contribution is 0.0943. The summed E-state index contributed by atoms with van der Waals surface area (Å²) in [6.07, 6.45) is 1.57. The van der Waals surface area contributed by atoms with Crippen LogP contribution in [0.25, 0.3) is 0 Å². The summed E-state index contributed by atoms with van der Waals surface area (Å²) in [5.41, 5.74) is 1.10. The van der Waals surface area contributed by atoms with Crippen molar-refractivity contribution in [3.63, 3.8) is 0 Å². The third kappa shape index (κ3) is 3.31. The van der Waals surface area contributed by atoms with Crippen LogP contribution >= 0.6 is 0 Å². The Kier molecular flexibility index (Phi) is 3.79. The highest BCUT2D eigenvalue weighted by Gasteiger charge is 2.11. The molecule has 6 heteroatoms. The number of rotatable bonds is 4. The highest BCUT2D eigenvalue weighted by molar-refractivity contribution is 5.92. The van der Waals surface area contributed by atoms with E-state index in [-0.39, 0.29) is 5.91 Å². The molecule has 1 N–H and O–H groups in total. The summed E-state index contributed by atoms with van der Waals surface area (Å²) >= 11 is 0. The van der Waals surface area contributed by atoms with Crippen molar-refractivity contribution < 1.29 is 9.21 Å². The van der Waals surface area contributed by atoms with Crippen LogP contribution < -0.4 is 10.2 Å². The molecule has 2 heterocycles. The van der Waals surface area contributed by atoms with Crippen LogP contribution in [0.2, 0.25) is 0 Å². The van der Waals surface area contributed by atoms with Crippen LogP contribution in [0.3, 0.4) is 0 Å². The number of amides is 1. The number of hydrogen-bond donors (Lipinski definition) is 1. The predicted octanol–water partition coefficient (Wildman–Crippen LogP) is 1.37. The molecule has 0 bridgehead atoms. The number of carbonyl (C=O) groups excluding carboxylic acids is 1. The molecule has 0 radical (unpaired) electrons. The molecule has 0 aromatic carbocycles. The lowest BCUT2D eigenvalue weighted by atomic mass is 10.3. The van der Waals surface area contributed by atoms with Crippen molar-refractivity contribution >= 4 is 11.9 Å². The fraction of sp³-hybridized carbons (Fsp3) is 0.308. The molecule has 0 saturated heterocycles. The van der Waals surface area contributed by atoms with Gasteiger partial charge in [-0.15, -0.1) is 0 Å². The molecule has 2 rings (SSSR count). The van der Waals surface area contributed by atoms with Gasteiger partial charge in [-0.2, -0.15) is 0 Å². The normalized spacial score (nSPS) is 10.3. The highest BCUT2D eigenvalue weighted by atomic mass is 16.3. The molecule has 19 heavy (non-hydrogen) atoms. The first kappa shape index (κ1) is 13.1. The Morgan fingerprint density at radius 2 is 2.21 bits per heavy atom. The molecule has 2 aromatic heterocycles. The molecule has 0 fully saturated rings. The topological polar surface area (TPSA) is 71.3 Å². The van der Waals surface area contributed by atoms with Crippen LogP contribution in [0.5, 0.6) is 0 Å². The minimum Gasteiger partial charge on any atom is -0.467 e. The van der Waals surface area contributed by atoms with Gasteiger partial charge in [-0.25, -0.2) is 9.97 Å². The van der Waals surface area contributed by atoms with E-state index < -0.39 is 0 Å². The first-order valence-corrected chi connectivity index (χ1v) is 5.90. The summed E-state index contributed by atoms with van der Waals surface area (Å²) in [6.45, 7) is 2.17. The second kappa shape index (κ2) is 5.51. The first-order chi connectivity index (χ1) is 9.06. The molecule has 0 aliphatic rings. The zero-order chi connectivity index (χ0) is 13.8. The Morgan fingerprint density at radius 3 is 2.84 bits per heavy atom. The smallest absolute Gasteiger partial charge is 0.270 e. The van der Waals surface area contributed by atoms with Crippen LogP contribution in [-0.2, 0) is 6.54 Å². The Labute approximate surface area is 111 Å². The quantitative estimate of drug-likeness (QED) is 0.899. The van der Waals surface area contributed by atoms with Gasteiger partial charge in [-0.3, -0.25) is 4.79 Å². The van der Waals surface area contributed by atoms with E-state index in [4.69, 9.17) is 4.42 Å². The number of anilines is 1. The number of aryl methyl sites for hydroxylation is 1. The molecule has 0 aliphatic heterocycles. The second-order valence-corrected chi connectivity index (χ2v) is 4.35. The average molecular weight is 260 g/mol. The minimum atomic E-state index is -0.245. The van der Waals surface area contributed by atoms with E-state index >= 15 is 0 Å². The Balaban J connectivity index is 2.10. The number of nitrogens with one attached hydrogen (secondary N) is 1. The van der Waals surface area contributed by atoms with Gasteiger partial charge < -0.3 is 14.6 Å². The number of hydrogen-bond acceptors (Lipinski definition) is 5. The van der Waals surface area contributed by atoms with Crippen molar-refractivity contribution in [2.45, 2.75) is 13.5 Å². The molecule has 6 nitrogen and oxygen atoms in total. The summed E-state index contributed by atoms with van der Waals surface area (Å²) in [6, 6.07) is 5.24. The SMILES string of the molecule is Cc1cc(C(=O)NCc2ccco2)nc(N(C)C)n1. The second-order valence-electron chi connectivity index (χ2n) is 4.35. The Morgan fingerprint density at radius 1 is 1.42 bits per heavy atom. The summed E-state index contributed by atoms with van der Waals surface area (Å²) in [5, 5.41) is 2.75. The summed E-state index contributed by atoms with van der Waals surface area (Å²) in [5.74, 6) is 0.972. The zero-order valence-corrected chi connectivity index (χ0v) is 11.2. The van der Waals surface area contributed by atoms with Crippen molar-refractivity contribution in [2.75, 3.05) is 19.0 Å². The third-order valence-electron chi connectivity index (χ3n) is 2.48. The van der Waals surface area contributed by atoms with Gasteiger partial charge in [0.1, 0.15) is 11.5 Å². The zero-order valence-electron chi connectivity index (χ0n) is 11.2. The molecule has 0 aliphatic carbocycles. The van der Waals surface area contributed by atoms with E-state index in [0.717, 1.165) is 5.69 Å². The van der Waals surface area contributed by atoms with E-state index in [2.05, 4.69) is 15.3 Å². The fourth-order valence-electron chi connectivity index (χ4n) is 1.54. The van der Waals surface area contributed by atoms with Gasteiger partial charge in [0, 0.05) is 19.8 Å². The van der Waals surface area contributed by atoms with Crippen molar-refractivity contribution in [3.05, 3.63) is 41.6 Å². The van der Waals surface area contributed by atoms with Crippen LogP contribution in [0.15, 0.2) is 28.9 Å². The van der Waals surface area contributed by atoms with Crippen LogP contribution in [0, 0.1) is 6.92 Å². The monoisotopic (exact) mass is 260 g/mol. The van der Waals surface area contributed by atoms with Gasteiger partial charge in [0.25, 0.3) is 5.91 Å². The van der Waals surface area contributed by atoms with Gasteiger partial charge in [-0.05, 0) is 25.1 Å². The molecule has 1 amide bonds. The molecule has 0 unspecified atom stereocenters. The van der Waals surface area contributed by atoms with Crippen LogP contribution in [0.1, 0.15) is 21.9 Å². The molecular weight excluding hydrogens is 244 g/mol. The molecule has 0 atom stereocenters. The van der Waals surface area contributed by atoms with Gasteiger partial charge in [0.15, 0.2) is 0 Å². The maximum absolute atomic E-state index is 12.0. The molecule has 0 spiro atoms. The van der Waals surface area contributed by atoms with E-state index in [1.807, 2.05) is 21.0 Å². The first-order valence-electron chi connectivity index (χ1n) is 5.90. The molecule has 2 aromatic rings. The summed E-state index contributed by atoms with van der Waals surface area (Å²) in [7, 11) is 3.67. The Hall–Kier alpha value is -2.37. The highest BCUT2D eigenvalue weighted by Crippen LogP contribution is 2.08. The standard InChI is InChI=1S/C13H16N4O2/c1-9-7-11(16-13(15-9)17(2)3)12(18)14-8-10-5-4-6-19-10/h4-7H,8H2,1-3H3,(H,14,18). The van der Waals surface area contributed by atoms with Crippen molar-refractivity contribution in [3.8, 4) is 0 Å². The van der Waals surface area contributed by atoms with Crippen LogP contribution in [-0.4, -0.2) is 30.0 Å². The molecule has 0 saturated carbocycles. The van der Waals surface area contributed by atoms with Crippen molar-refractivity contribution in [2.24, 2.45) is 0 Å². The van der Waals surface area contributed by atoms with Gasteiger partial charge in [0.05, 0.1) is 12.8 Å². The van der Waals surface area contributed by atoms with Gasteiger partial charge >= 0.3 is 0 Å². The number of furan rings is 1. The largest absolute Gasteiger partial charge is 0.467 e. The van der Waals surface area contributed by atoms with Gasteiger partial charge in [-0.1, -0.05) is 0 Å². The number of carbonyl (C=O) groups is 1. The molecular formula is C13H16N4O2. The Bertz CT molecular complexity index is 564. The van der Waals surface area contributed by atoms with Crippen molar-refractivity contribution in [1.29, 1.82) is 0 Å². The maximum atomic E-state index is 12.0. The van der Waals surface area contributed by atoms with E-state index in [0.29, 0.717) is 23.9 Å². The lowest BCUT2D eigenvalue weighted by Crippen LogP contribution is -2.25. The minimum absolute atomic E-state index is 0.245. The lowest BCUT2D eigenvalue weighted by Gasteiger charge is -2.12. The predicted molar refractivity (Wildman–Crippen MR) is 71.0 cm³/mol.